The average Bonchev–Trinajstić information content (AvgIpc) is 3.21. The molecular weight excluding hydrogens is 384 g/mol. The molecule has 0 aliphatic carbocycles. The van der Waals surface area contributed by atoms with Gasteiger partial charge in [-0.3, -0.25) is 14.5 Å². The second-order valence-electron chi connectivity index (χ2n) is 7.60. The Labute approximate surface area is 176 Å². The summed E-state index contributed by atoms with van der Waals surface area (Å²) in [5.41, 5.74) is 1.26. The standard InChI is InChI=1S/C22H28N4O2S/c27-21(25-13-15-26(16-14-25)22(28)20-8-4-17-29-20)18-23-9-5-10-24(12-11-23)19-6-2-1-3-7-19/h1-4,6-8,17H,5,9-16,18H2. The molecule has 2 aliphatic rings. The highest BCUT2D eigenvalue weighted by Crippen LogP contribution is 2.17. The minimum atomic E-state index is 0.0839. The smallest absolute Gasteiger partial charge is 0.264 e. The number of hydrogen-bond acceptors (Lipinski definition) is 5. The van der Waals surface area contributed by atoms with Crippen LogP contribution in [0.25, 0.3) is 0 Å². The van der Waals surface area contributed by atoms with Crippen LogP contribution in [0.4, 0.5) is 5.69 Å². The van der Waals surface area contributed by atoms with Crippen LogP contribution in [-0.2, 0) is 4.79 Å². The number of benzene rings is 1. The lowest BCUT2D eigenvalue weighted by Crippen LogP contribution is -2.52. The number of hydrogen-bond donors (Lipinski definition) is 0. The van der Waals surface area contributed by atoms with E-state index in [1.807, 2.05) is 33.4 Å². The normalized spacial score (nSPS) is 18.6. The van der Waals surface area contributed by atoms with E-state index < -0.39 is 0 Å². The summed E-state index contributed by atoms with van der Waals surface area (Å²) in [5, 5.41) is 1.92. The molecule has 2 aromatic rings. The molecule has 4 rings (SSSR count). The topological polar surface area (TPSA) is 47.1 Å². The Hall–Kier alpha value is -2.38. The van der Waals surface area contributed by atoms with E-state index in [0.29, 0.717) is 32.7 Å². The fraction of sp³-hybridized carbons (Fsp3) is 0.455. The molecule has 2 saturated heterocycles. The van der Waals surface area contributed by atoms with Crippen molar-refractivity contribution in [2.45, 2.75) is 6.42 Å². The molecule has 2 aliphatic heterocycles. The Bertz CT molecular complexity index is 803. The number of carbonyl (C=O) groups is 2. The fourth-order valence-electron chi connectivity index (χ4n) is 4.03. The second-order valence-corrected chi connectivity index (χ2v) is 8.55. The van der Waals surface area contributed by atoms with Crippen LogP contribution in [0.3, 0.4) is 0 Å². The van der Waals surface area contributed by atoms with Gasteiger partial charge in [-0.15, -0.1) is 11.3 Å². The van der Waals surface area contributed by atoms with Gasteiger partial charge in [0.1, 0.15) is 0 Å². The van der Waals surface area contributed by atoms with Crippen LogP contribution in [0.15, 0.2) is 47.8 Å². The molecule has 2 fully saturated rings. The maximum atomic E-state index is 12.8. The lowest BCUT2D eigenvalue weighted by molar-refractivity contribution is -0.133. The van der Waals surface area contributed by atoms with Crippen molar-refractivity contribution in [1.82, 2.24) is 14.7 Å². The van der Waals surface area contributed by atoms with E-state index in [1.54, 1.807) is 0 Å². The number of carbonyl (C=O) groups excluding carboxylic acids is 2. The minimum absolute atomic E-state index is 0.0839. The van der Waals surface area contributed by atoms with Gasteiger partial charge in [-0.25, -0.2) is 0 Å². The van der Waals surface area contributed by atoms with Crippen LogP contribution in [0.2, 0.25) is 0 Å². The third kappa shape index (κ3) is 4.97. The summed E-state index contributed by atoms with van der Waals surface area (Å²) < 4.78 is 0. The number of nitrogens with zero attached hydrogens (tertiary/aromatic N) is 4. The van der Waals surface area contributed by atoms with Crippen molar-refractivity contribution in [1.29, 1.82) is 0 Å². The molecule has 0 unspecified atom stereocenters. The van der Waals surface area contributed by atoms with Gasteiger partial charge >= 0.3 is 0 Å². The number of piperazine rings is 1. The molecule has 7 heteroatoms. The second kappa shape index (κ2) is 9.41. The lowest BCUT2D eigenvalue weighted by atomic mass is 10.2. The van der Waals surface area contributed by atoms with E-state index >= 15 is 0 Å². The molecule has 0 saturated carbocycles. The van der Waals surface area contributed by atoms with E-state index in [1.165, 1.54) is 17.0 Å². The molecule has 6 nitrogen and oxygen atoms in total. The monoisotopic (exact) mass is 412 g/mol. The van der Waals surface area contributed by atoms with Crippen LogP contribution in [0, 0.1) is 0 Å². The highest BCUT2D eigenvalue weighted by Gasteiger charge is 2.26. The predicted octanol–water partition coefficient (Wildman–Crippen LogP) is 2.24. The summed E-state index contributed by atoms with van der Waals surface area (Å²) in [5.74, 6) is 0.266. The molecule has 0 N–H and O–H groups in total. The Balaban J connectivity index is 1.24. The number of thiophene rings is 1. The zero-order valence-corrected chi connectivity index (χ0v) is 17.5. The minimum Gasteiger partial charge on any atom is -0.370 e. The largest absolute Gasteiger partial charge is 0.370 e. The predicted molar refractivity (Wildman–Crippen MR) is 117 cm³/mol. The van der Waals surface area contributed by atoms with Gasteiger partial charge in [-0.1, -0.05) is 24.3 Å². The van der Waals surface area contributed by atoms with Crippen molar-refractivity contribution in [3.8, 4) is 0 Å². The van der Waals surface area contributed by atoms with Gasteiger partial charge in [0.05, 0.1) is 11.4 Å². The third-order valence-electron chi connectivity index (χ3n) is 5.72. The molecule has 3 heterocycles. The first-order chi connectivity index (χ1) is 14.2. The van der Waals surface area contributed by atoms with Crippen LogP contribution >= 0.6 is 11.3 Å². The molecule has 1 aromatic carbocycles. The van der Waals surface area contributed by atoms with E-state index in [9.17, 15) is 9.59 Å². The zero-order chi connectivity index (χ0) is 20.1. The van der Waals surface area contributed by atoms with Crippen molar-refractivity contribution >= 4 is 28.8 Å². The molecule has 2 amide bonds. The molecule has 0 spiro atoms. The fourth-order valence-corrected chi connectivity index (χ4v) is 4.72. The van der Waals surface area contributed by atoms with Crippen LogP contribution in [-0.4, -0.2) is 85.4 Å². The van der Waals surface area contributed by atoms with E-state index in [4.69, 9.17) is 0 Å². The summed E-state index contributed by atoms with van der Waals surface area (Å²) in [6.07, 6.45) is 1.06. The van der Waals surface area contributed by atoms with Crippen LogP contribution in [0.1, 0.15) is 16.1 Å². The quantitative estimate of drug-likeness (QED) is 0.773. The van der Waals surface area contributed by atoms with Gasteiger partial charge in [-0.05, 0) is 30.0 Å². The number of rotatable bonds is 4. The summed E-state index contributed by atoms with van der Waals surface area (Å²) in [7, 11) is 0. The maximum absolute atomic E-state index is 12.8. The van der Waals surface area contributed by atoms with E-state index in [0.717, 1.165) is 37.5 Å². The Morgan fingerprint density at radius 1 is 0.793 bits per heavy atom. The van der Waals surface area contributed by atoms with E-state index in [-0.39, 0.29) is 11.8 Å². The first-order valence-electron chi connectivity index (χ1n) is 10.3. The first-order valence-corrected chi connectivity index (χ1v) is 11.2. The third-order valence-corrected chi connectivity index (χ3v) is 6.58. The molecule has 0 bridgehead atoms. The van der Waals surface area contributed by atoms with Gasteiger partial charge in [0.25, 0.3) is 5.91 Å². The van der Waals surface area contributed by atoms with Crippen molar-refractivity contribution in [3.63, 3.8) is 0 Å². The van der Waals surface area contributed by atoms with Crippen LogP contribution in [0.5, 0.6) is 0 Å². The highest BCUT2D eigenvalue weighted by atomic mass is 32.1. The van der Waals surface area contributed by atoms with Crippen molar-refractivity contribution in [2.24, 2.45) is 0 Å². The van der Waals surface area contributed by atoms with Crippen LogP contribution < -0.4 is 4.90 Å². The SMILES string of the molecule is O=C(CN1CCCN(c2ccccc2)CC1)N1CCN(C(=O)c2cccs2)CC1. The lowest BCUT2D eigenvalue weighted by Gasteiger charge is -2.35. The Kier molecular flexibility index (Phi) is 6.46. The molecular formula is C22H28N4O2S. The number of para-hydroxylation sites is 1. The number of amides is 2. The summed E-state index contributed by atoms with van der Waals surface area (Å²) >= 11 is 1.47. The van der Waals surface area contributed by atoms with Gasteiger partial charge < -0.3 is 14.7 Å². The van der Waals surface area contributed by atoms with Crippen molar-refractivity contribution in [3.05, 3.63) is 52.7 Å². The van der Waals surface area contributed by atoms with Gasteiger partial charge in [0.2, 0.25) is 5.91 Å². The zero-order valence-electron chi connectivity index (χ0n) is 16.7. The van der Waals surface area contributed by atoms with Gasteiger partial charge in [0, 0.05) is 58.0 Å². The Morgan fingerprint density at radius 2 is 1.55 bits per heavy atom. The average molecular weight is 413 g/mol. The highest BCUT2D eigenvalue weighted by molar-refractivity contribution is 7.12. The Morgan fingerprint density at radius 3 is 2.28 bits per heavy atom. The summed E-state index contributed by atoms with van der Waals surface area (Å²) in [6.45, 7) is 6.78. The summed E-state index contributed by atoms with van der Waals surface area (Å²) in [4.78, 5) is 34.5. The first kappa shape index (κ1) is 19.9. The molecule has 0 atom stereocenters. The van der Waals surface area contributed by atoms with Crippen molar-refractivity contribution < 1.29 is 9.59 Å². The van der Waals surface area contributed by atoms with Crippen molar-refractivity contribution in [2.75, 3.05) is 63.8 Å². The maximum Gasteiger partial charge on any atom is 0.264 e. The molecule has 0 radical (unpaired) electrons. The van der Waals surface area contributed by atoms with E-state index in [2.05, 4.69) is 34.1 Å². The molecule has 1 aromatic heterocycles. The van der Waals surface area contributed by atoms with Gasteiger partial charge in [0.15, 0.2) is 0 Å². The molecule has 29 heavy (non-hydrogen) atoms. The van der Waals surface area contributed by atoms with Gasteiger partial charge in [-0.2, -0.15) is 0 Å². The summed E-state index contributed by atoms with van der Waals surface area (Å²) in [6, 6.07) is 14.3. The number of anilines is 1. The molecule has 154 valence electrons.